The predicted molar refractivity (Wildman–Crippen MR) is 80.5 cm³/mol. The van der Waals surface area contributed by atoms with E-state index in [1.54, 1.807) is 5.57 Å². The van der Waals surface area contributed by atoms with Crippen molar-refractivity contribution in [2.24, 2.45) is 17.8 Å². The molecule has 0 amide bonds. The topological polar surface area (TPSA) is 0 Å². The maximum Gasteiger partial charge on any atom is -0.0196 e. The van der Waals surface area contributed by atoms with Gasteiger partial charge in [0.25, 0.3) is 0 Å². The van der Waals surface area contributed by atoms with Gasteiger partial charge in [-0.15, -0.1) is 0 Å². The Bertz CT molecular complexity index is 352. The first-order valence-electron chi connectivity index (χ1n) is 7.64. The van der Waals surface area contributed by atoms with Crippen molar-refractivity contribution in [2.45, 2.75) is 59.3 Å². The summed E-state index contributed by atoms with van der Waals surface area (Å²) in [5, 5.41) is 0. The van der Waals surface area contributed by atoms with Crippen molar-refractivity contribution in [1.29, 1.82) is 0 Å². The normalized spacial score (nSPS) is 29.9. The molecule has 1 fully saturated rings. The highest BCUT2D eigenvalue weighted by Crippen LogP contribution is 2.46. The second-order valence-corrected chi connectivity index (χ2v) is 6.37. The van der Waals surface area contributed by atoms with Gasteiger partial charge in [-0.1, -0.05) is 35.5 Å². The lowest BCUT2D eigenvalue weighted by molar-refractivity contribution is 0.437. The summed E-state index contributed by atoms with van der Waals surface area (Å²) in [4.78, 5) is 0. The summed E-state index contributed by atoms with van der Waals surface area (Å²) in [5.41, 5.74) is 3.15. The van der Waals surface area contributed by atoms with Crippen LogP contribution < -0.4 is 0 Å². The van der Waals surface area contributed by atoms with Crippen molar-refractivity contribution in [3.8, 4) is 0 Å². The predicted octanol–water partition coefficient (Wildman–Crippen LogP) is 5.67. The van der Waals surface area contributed by atoms with Crippen LogP contribution in [0.1, 0.15) is 59.3 Å². The third-order valence-corrected chi connectivity index (χ3v) is 4.60. The summed E-state index contributed by atoms with van der Waals surface area (Å²) in [5.74, 6) is 2.78. The largest absolute Gasteiger partial charge is 0.0884 e. The molecule has 0 N–H and O–H groups in total. The van der Waals surface area contributed by atoms with Crippen LogP contribution in [-0.2, 0) is 0 Å². The number of hydrogen-bond acceptors (Lipinski definition) is 0. The van der Waals surface area contributed by atoms with Crippen molar-refractivity contribution in [3.05, 3.63) is 35.5 Å². The second kappa shape index (κ2) is 6.41. The van der Waals surface area contributed by atoms with Gasteiger partial charge in [-0.05, 0) is 77.0 Å². The van der Waals surface area contributed by atoms with Gasteiger partial charge in [0.2, 0.25) is 0 Å². The highest BCUT2D eigenvalue weighted by molar-refractivity contribution is 5.13. The SMILES string of the molecule is C/C=C(\CCCC=C(C)C)CC1CC2C=CC1C2. The van der Waals surface area contributed by atoms with Gasteiger partial charge < -0.3 is 0 Å². The Hall–Kier alpha value is -0.780. The smallest absolute Gasteiger partial charge is 0.0196 e. The highest BCUT2D eigenvalue weighted by Gasteiger charge is 2.35. The van der Waals surface area contributed by atoms with Crippen LogP contribution in [0.4, 0.5) is 0 Å². The highest BCUT2D eigenvalue weighted by atomic mass is 14.4. The molecule has 100 valence electrons. The maximum atomic E-state index is 2.48. The van der Waals surface area contributed by atoms with E-state index in [4.69, 9.17) is 0 Å². The van der Waals surface area contributed by atoms with Crippen LogP contribution in [0.3, 0.4) is 0 Å². The molecular formula is C18H28. The van der Waals surface area contributed by atoms with E-state index in [1.165, 1.54) is 44.1 Å². The molecule has 0 radical (unpaired) electrons. The third kappa shape index (κ3) is 3.60. The molecule has 0 aromatic heterocycles. The molecule has 0 aromatic carbocycles. The Morgan fingerprint density at radius 3 is 2.61 bits per heavy atom. The van der Waals surface area contributed by atoms with Crippen molar-refractivity contribution in [3.63, 3.8) is 0 Å². The molecule has 2 bridgehead atoms. The molecule has 3 atom stereocenters. The van der Waals surface area contributed by atoms with Crippen molar-refractivity contribution in [1.82, 2.24) is 0 Å². The van der Waals surface area contributed by atoms with E-state index in [2.05, 4.69) is 45.1 Å². The molecule has 0 saturated heterocycles. The molecule has 2 aliphatic carbocycles. The zero-order valence-electron chi connectivity index (χ0n) is 12.3. The van der Waals surface area contributed by atoms with Gasteiger partial charge in [-0.25, -0.2) is 0 Å². The average Bonchev–Trinajstić information content (AvgIpc) is 2.94. The van der Waals surface area contributed by atoms with Crippen molar-refractivity contribution in [2.75, 3.05) is 0 Å². The molecule has 0 aromatic rings. The van der Waals surface area contributed by atoms with Crippen molar-refractivity contribution >= 4 is 0 Å². The summed E-state index contributed by atoms with van der Waals surface area (Å²) in [6.45, 7) is 6.61. The standard InChI is InChI=1S/C18H28/c1-4-15(8-6-5-7-14(2)3)11-18-13-16-9-10-17(18)12-16/h4,7,9-10,16-18H,5-6,8,11-13H2,1-3H3/b15-4+. The lowest BCUT2D eigenvalue weighted by atomic mass is 9.86. The lowest BCUT2D eigenvalue weighted by Crippen LogP contribution is -2.08. The number of allylic oxidation sites excluding steroid dienone is 6. The molecule has 2 rings (SSSR count). The molecule has 0 nitrogen and oxygen atoms in total. The summed E-state index contributed by atoms with van der Waals surface area (Å²) < 4.78 is 0. The third-order valence-electron chi connectivity index (χ3n) is 4.60. The van der Waals surface area contributed by atoms with Crippen LogP contribution in [0.5, 0.6) is 0 Å². The minimum atomic E-state index is 0.905. The fourth-order valence-electron chi connectivity index (χ4n) is 3.55. The van der Waals surface area contributed by atoms with E-state index in [-0.39, 0.29) is 0 Å². The van der Waals surface area contributed by atoms with Crippen LogP contribution in [0.15, 0.2) is 35.5 Å². The van der Waals surface area contributed by atoms with Crippen LogP contribution in [0.2, 0.25) is 0 Å². The first-order valence-corrected chi connectivity index (χ1v) is 7.64. The van der Waals surface area contributed by atoms with E-state index in [1.807, 2.05) is 0 Å². The molecule has 0 heteroatoms. The van der Waals surface area contributed by atoms with Crippen LogP contribution >= 0.6 is 0 Å². The molecule has 18 heavy (non-hydrogen) atoms. The molecule has 3 unspecified atom stereocenters. The molecule has 2 aliphatic rings. The monoisotopic (exact) mass is 244 g/mol. The minimum absolute atomic E-state index is 0.905. The zero-order valence-corrected chi connectivity index (χ0v) is 12.3. The Kier molecular flexibility index (Phi) is 4.86. The van der Waals surface area contributed by atoms with Gasteiger partial charge in [-0.3, -0.25) is 0 Å². The zero-order chi connectivity index (χ0) is 13.0. The van der Waals surface area contributed by atoms with E-state index >= 15 is 0 Å². The fourth-order valence-corrected chi connectivity index (χ4v) is 3.55. The Morgan fingerprint density at radius 2 is 2.06 bits per heavy atom. The van der Waals surface area contributed by atoms with Crippen molar-refractivity contribution < 1.29 is 0 Å². The van der Waals surface area contributed by atoms with Crippen LogP contribution in [-0.4, -0.2) is 0 Å². The van der Waals surface area contributed by atoms with Crippen LogP contribution in [0, 0.1) is 17.8 Å². The van der Waals surface area contributed by atoms with Crippen LogP contribution in [0.25, 0.3) is 0 Å². The lowest BCUT2D eigenvalue weighted by Gasteiger charge is -2.19. The summed E-state index contributed by atoms with van der Waals surface area (Å²) in [6, 6.07) is 0. The summed E-state index contributed by atoms with van der Waals surface area (Å²) in [6.07, 6.45) is 17.8. The number of hydrogen-bond donors (Lipinski definition) is 0. The molecule has 0 heterocycles. The first-order chi connectivity index (χ1) is 8.69. The van der Waals surface area contributed by atoms with E-state index in [0.29, 0.717) is 0 Å². The average molecular weight is 244 g/mol. The second-order valence-electron chi connectivity index (χ2n) is 6.37. The van der Waals surface area contributed by atoms with Gasteiger partial charge >= 0.3 is 0 Å². The number of unbranched alkanes of at least 4 members (excludes halogenated alkanes) is 1. The van der Waals surface area contributed by atoms with E-state index in [9.17, 15) is 0 Å². The van der Waals surface area contributed by atoms with Gasteiger partial charge in [0.1, 0.15) is 0 Å². The summed E-state index contributed by atoms with van der Waals surface area (Å²) >= 11 is 0. The molecular weight excluding hydrogens is 216 g/mol. The fraction of sp³-hybridized carbons (Fsp3) is 0.667. The maximum absolute atomic E-state index is 2.48. The number of rotatable bonds is 6. The van der Waals surface area contributed by atoms with Gasteiger partial charge in [0, 0.05) is 0 Å². The minimum Gasteiger partial charge on any atom is -0.0884 e. The van der Waals surface area contributed by atoms with E-state index in [0.717, 1.165) is 17.8 Å². The van der Waals surface area contributed by atoms with Gasteiger partial charge in [0.05, 0.1) is 0 Å². The Labute approximate surface area is 113 Å². The quantitative estimate of drug-likeness (QED) is 0.417. The summed E-state index contributed by atoms with van der Waals surface area (Å²) in [7, 11) is 0. The van der Waals surface area contributed by atoms with E-state index < -0.39 is 0 Å². The Balaban J connectivity index is 1.73. The molecule has 1 saturated carbocycles. The first kappa shape index (κ1) is 13.6. The Morgan fingerprint density at radius 1 is 1.22 bits per heavy atom. The number of fused-ring (bicyclic) bond motifs is 2. The van der Waals surface area contributed by atoms with Gasteiger partial charge in [0.15, 0.2) is 0 Å². The van der Waals surface area contributed by atoms with Gasteiger partial charge in [-0.2, -0.15) is 0 Å². The molecule has 0 aliphatic heterocycles. The molecule has 0 spiro atoms.